The summed E-state index contributed by atoms with van der Waals surface area (Å²) in [6, 6.07) is 9.99. The molecule has 8 heteroatoms. The standard InChI is InChI=1S/C19H27N5OS.HI/c1-14-15(2)26-17(23-14)12-22-19(20-3)21-11-10-18(25)24(4)13-16-8-6-5-7-9-16;/h5-9H,10-13H2,1-4H3,(H2,20,21,22);1H. The molecule has 2 N–H and O–H groups in total. The lowest BCUT2D eigenvalue weighted by atomic mass is 10.2. The second kappa shape index (κ2) is 11.9. The van der Waals surface area contributed by atoms with Gasteiger partial charge in [-0.1, -0.05) is 30.3 Å². The van der Waals surface area contributed by atoms with Gasteiger partial charge in [-0.15, -0.1) is 35.3 Å². The lowest BCUT2D eigenvalue weighted by Crippen LogP contribution is -2.39. The first-order valence-electron chi connectivity index (χ1n) is 8.65. The van der Waals surface area contributed by atoms with E-state index in [1.165, 1.54) is 4.88 Å². The van der Waals surface area contributed by atoms with Crippen molar-refractivity contribution in [2.24, 2.45) is 4.99 Å². The summed E-state index contributed by atoms with van der Waals surface area (Å²) < 4.78 is 0. The third-order valence-electron chi connectivity index (χ3n) is 4.02. The van der Waals surface area contributed by atoms with Crippen LogP contribution in [-0.4, -0.2) is 42.4 Å². The van der Waals surface area contributed by atoms with Crippen molar-refractivity contribution in [1.82, 2.24) is 20.5 Å². The molecule has 1 aromatic carbocycles. The number of benzene rings is 1. The topological polar surface area (TPSA) is 69.6 Å². The molecule has 0 aliphatic rings. The number of guanidine groups is 1. The number of aromatic nitrogens is 1. The number of amides is 1. The first-order valence-corrected chi connectivity index (χ1v) is 9.46. The van der Waals surface area contributed by atoms with E-state index in [0.29, 0.717) is 32.0 Å². The fourth-order valence-electron chi connectivity index (χ4n) is 2.42. The van der Waals surface area contributed by atoms with Gasteiger partial charge in [0.25, 0.3) is 0 Å². The molecule has 0 fully saturated rings. The number of halogens is 1. The molecule has 27 heavy (non-hydrogen) atoms. The predicted molar refractivity (Wildman–Crippen MR) is 123 cm³/mol. The minimum atomic E-state index is 0. The maximum absolute atomic E-state index is 12.3. The van der Waals surface area contributed by atoms with E-state index in [1.807, 2.05) is 44.3 Å². The zero-order valence-electron chi connectivity index (χ0n) is 16.3. The smallest absolute Gasteiger partial charge is 0.224 e. The molecule has 0 radical (unpaired) electrons. The molecule has 1 amide bonds. The number of carbonyl (C=O) groups excluding carboxylic acids is 1. The highest BCUT2D eigenvalue weighted by Crippen LogP contribution is 2.15. The normalized spacial score (nSPS) is 10.9. The molecular weight excluding hydrogens is 473 g/mol. The van der Waals surface area contributed by atoms with Gasteiger partial charge in [0.15, 0.2) is 5.96 Å². The van der Waals surface area contributed by atoms with E-state index >= 15 is 0 Å². The van der Waals surface area contributed by atoms with E-state index in [4.69, 9.17) is 0 Å². The predicted octanol–water partition coefficient (Wildman–Crippen LogP) is 3.09. The van der Waals surface area contributed by atoms with Crippen molar-refractivity contribution >= 4 is 47.2 Å². The van der Waals surface area contributed by atoms with Crippen LogP contribution in [0.3, 0.4) is 0 Å². The van der Waals surface area contributed by atoms with Gasteiger partial charge >= 0.3 is 0 Å². The fraction of sp³-hybridized carbons (Fsp3) is 0.421. The van der Waals surface area contributed by atoms with E-state index in [9.17, 15) is 4.79 Å². The molecule has 148 valence electrons. The summed E-state index contributed by atoms with van der Waals surface area (Å²) in [7, 11) is 3.55. The summed E-state index contributed by atoms with van der Waals surface area (Å²) in [6.07, 6.45) is 0.416. The van der Waals surface area contributed by atoms with Gasteiger partial charge in [-0.05, 0) is 19.4 Å². The first-order chi connectivity index (χ1) is 12.5. The Morgan fingerprint density at radius 3 is 2.52 bits per heavy atom. The number of nitrogens with one attached hydrogen (secondary N) is 2. The van der Waals surface area contributed by atoms with Gasteiger partial charge in [0, 0.05) is 38.5 Å². The average molecular weight is 501 g/mol. The molecule has 2 aromatic rings. The summed E-state index contributed by atoms with van der Waals surface area (Å²) >= 11 is 1.68. The molecular formula is C19H28IN5OS. The van der Waals surface area contributed by atoms with E-state index in [0.717, 1.165) is 16.3 Å². The van der Waals surface area contributed by atoms with Crippen LogP contribution < -0.4 is 10.6 Å². The number of thiazole rings is 1. The van der Waals surface area contributed by atoms with Crippen molar-refractivity contribution in [1.29, 1.82) is 0 Å². The van der Waals surface area contributed by atoms with Crippen LogP contribution in [0.15, 0.2) is 35.3 Å². The van der Waals surface area contributed by atoms with Crippen LogP contribution in [0, 0.1) is 13.8 Å². The fourth-order valence-corrected chi connectivity index (χ4v) is 3.29. The van der Waals surface area contributed by atoms with Gasteiger partial charge in [0.05, 0.1) is 12.2 Å². The van der Waals surface area contributed by atoms with Gasteiger partial charge < -0.3 is 15.5 Å². The Kier molecular flexibility index (Phi) is 10.3. The molecule has 0 atom stereocenters. The molecule has 0 bridgehead atoms. The average Bonchev–Trinajstić information content (AvgIpc) is 2.96. The Morgan fingerprint density at radius 2 is 1.93 bits per heavy atom. The second-order valence-electron chi connectivity index (χ2n) is 6.09. The lowest BCUT2D eigenvalue weighted by Gasteiger charge is -2.18. The molecule has 0 unspecified atom stereocenters. The number of rotatable bonds is 7. The van der Waals surface area contributed by atoms with Gasteiger partial charge in [0.2, 0.25) is 5.91 Å². The summed E-state index contributed by atoms with van der Waals surface area (Å²) in [6.45, 7) is 5.87. The van der Waals surface area contributed by atoms with E-state index in [1.54, 1.807) is 23.3 Å². The van der Waals surface area contributed by atoms with Crippen LogP contribution in [0.25, 0.3) is 0 Å². The molecule has 0 saturated heterocycles. The monoisotopic (exact) mass is 501 g/mol. The Morgan fingerprint density at radius 1 is 1.22 bits per heavy atom. The van der Waals surface area contributed by atoms with Crippen molar-refractivity contribution in [2.75, 3.05) is 20.6 Å². The Labute approximate surface area is 182 Å². The molecule has 0 saturated carbocycles. The number of nitrogens with zero attached hydrogens (tertiary/aromatic N) is 3. The van der Waals surface area contributed by atoms with E-state index in [-0.39, 0.29) is 29.9 Å². The lowest BCUT2D eigenvalue weighted by molar-refractivity contribution is -0.130. The highest BCUT2D eigenvalue weighted by atomic mass is 127. The highest BCUT2D eigenvalue weighted by molar-refractivity contribution is 14.0. The van der Waals surface area contributed by atoms with Crippen molar-refractivity contribution < 1.29 is 4.79 Å². The number of hydrogen-bond donors (Lipinski definition) is 2. The Bertz CT molecular complexity index is 728. The first kappa shape index (κ1) is 23.4. The largest absolute Gasteiger partial charge is 0.356 e. The number of carbonyl (C=O) groups is 1. The number of aryl methyl sites for hydroxylation is 2. The van der Waals surface area contributed by atoms with Crippen LogP contribution in [0.2, 0.25) is 0 Å². The van der Waals surface area contributed by atoms with Gasteiger partial charge in [-0.25, -0.2) is 4.98 Å². The van der Waals surface area contributed by atoms with Crippen LogP contribution in [0.1, 0.15) is 27.6 Å². The minimum absolute atomic E-state index is 0. The number of aliphatic imine (C=N–C) groups is 1. The molecule has 0 aliphatic heterocycles. The van der Waals surface area contributed by atoms with Crippen molar-refractivity contribution in [3.8, 4) is 0 Å². The summed E-state index contributed by atoms with van der Waals surface area (Å²) in [5.74, 6) is 0.775. The summed E-state index contributed by atoms with van der Waals surface area (Å²) in [5, 5.41) is 7.44. The molecule has 0 aliphatic carbocycles. The van der Waals surface area contributed by atoms with E-state index < -0.39 is 0 Å². The SMILES string of the molecule is CN=C(NCCC(=O)N(C)Cc1ccccc1)NCc1nc(C)c(C)s1.I. The quantitative estimate of drug-likeness (QED) is 0.348. The Balaban J connectivity index is 0.00000364. The Hall–Kier alpha value is -1.68. The van der Waals surface area contributed by atoms with Crippen molar-refractivity contribution in [3.05, 3.63) is 51.5 Å². The maximum atomic E-state index is 12.3. The van der Waals surface area contributed by atoms with Gasteiger partial charge in [0.1, 0.15) is 5.01 Å². The van der Waals surface area contributed by atoms with Crippen molar-refractivity contribution in [2.45, 2.75) is 33.4 Å². The molecule has 0 spiro atoms. The van der Waals surface area contributed by atoms with Crippen molar-refractivity contribution in [3.63, 3.8) is 0 Å². The molecule has 1 heterocycles. The van der Waals surface area contributed by atoms with Gasteiger partial charge in [-0.2, -0.15) is 0 Å². The maximum Gasteiger partial charge on any atom is 0.224 e. The van der Waals surface area contributed by atoms with Crippen LogP contribution in [0.4, 0.5) is 0 Å². The second-order valence-corrected chi connectivity index (χ2v) is 7.37. The molecule has 6 nitrogen and oxygen atoms in total. The zero-order chi connectivity index (χ0) is 18.9. The van der Waals surface area contributed by atoms with Crippen LogP contribution in [-0.2, 0) is 17.9 Å². The summed E-state index contributed by atoms with van der Waals surface area (Å²) in [5.41, 5.74) is 2.20. The van der Waals surface area contributed by atoms with E-state index in [2.05, 4.69) is 27.5 Å². The highest BCUT2D eigenvalue weighted by Gasteiger charge is 2.10. The summed E-state index contributed by atoms with van der Waals surface area (Å²) in [4.78, 5) is 23.9. The third kappa shape index (κ3) is 7.84. The van der Waals surface area contributed by atoms with Gasteiger partial charge in [-0.3, -0.25) is 9.79 Å². The third-order valence-corrected chi connectivity index (χ3v) is 5.10. The molecule has 2 rings (SSSR count). The number of hydrogen-bond acceptors (Lipinski definition) is 4. The molecule has 1 aromatic heterocycles. The van der Waals surface area contributed by atoms with Crippen LogP contribution in [0.5, 0.6) is 0 Å². The zero-order valence-corrected chi connectivity index (χ0v) is 19.4. The minimum Gasteiger partial charge on any atom is -0.356 e. The van der Waals surface area contributed by atoms with Crippen LogP contribution >= 0.6 is 35.3 Å².